The number of hydrogen-bond donors (Lipinski definition) is 1. The monoisotopic (exact) mass is 245 g/mol. The first-order valence-electron chi connectivity index (χ1n) is 5.72. The third-order valence-corrected chi connectivity index (χ3v) is 3.59. The van der Waals surface area contributed by atoms with Crippen LogP contribution in [0, 0.1) is 11.3 Å². The molecule has 1 N–H and O–H groups in total. The molecule has 0 unspecified atom stereocenters. The minimum atomic E-state index is 0.407. The predicted molar refractivity (Wildman–Crippen MR) is 69.9 cm³/mol. The van der Waals surface area contributed by atoms with Crippen LogP contribution in [0.25, 0.3) is 10.6 Å². The van der Waals surface area contributed by atoms with Crippen molar-refractivity contribution in [3.63, 3.8) is 0 Å². The summed E-state index contributed by atoms with van der Waals surface area (Å²) in [7, 11) is 0. The van der Waals surface area contributed by atoms with E-state index in [9.17, 15) is 0 Å². The number of rotatable bonds is 4. The van der Waals surface area contributed by atoms with Gasteiger partial charge in [0.05, 0.1) is 10.9 Å². The fourth-order valence-corrected chi connectivity index (χ4v) is 2.65. The van der Waals surface area contributed by atoms with Gasteiger partial charge in [-0.2, -0.15) is 10.4 Å². The SMILES string of the molecule is CC(C)c1[nH]nc(-c2cccs2)c1CCC#N. The van der Waals surface area contributed by atoms with Crippen LogP contribution in [-0.2, 0) is 6.42 Å². The van der Waals surface area contributed by atoms with Gasteiger partial charge in [0.25, 0.3) is 0 Å². The van der Waals surface area contributed by atoms with Gasteiger partial charge < -0.3 is 0 Å². The molecule has 0 saturated carbocycles. The molecule has 0 atom stereocenters. The molecule has 0 aliphatic heterocycles. The molecule has 0 saturated heterocycles. The van der Waals surface area contributed by atoms with Crippen molar-refractivity contribution in [2.24, 2.45) is 0 Å². The molecular formula is C13H15N3S. The Kier molecular flexibility index (Phi) is 3.60. The van der Waals surface area contributed by atoms with Crippen LogP contribution < -0.4 is 0 Å². The molecule has 4 heteroatoms. The number of nitriles is 1. The molecule has 2 aromatic heterocycles. The third kappa shape index (κ3) is 2.40. The summed E-state index contributed by atoms with van der Waals surface area (Å²) in [4.78, 5) is 1.17. The molecule has 88 valence electrons. The Labute approximate surface area is 105 Å². The van der Waals surface area contributed by atoms with Crippen LogP contribution in [0.3, 0.4) is 0 Å². The molecule has 0 spiro atoms. The second-order valence-electron chi connectivity index (χ2n) is 4.25. The van der Waals surface area contributed by atoms with Crippen LogP contribution in [-0.4, -0.2) is 10.2 Å². The summed E-state index contributed by atoms with van der Waals surface area (Å²) in [6.07, 6.45) is 1.31. The van der Waals surface area contributed by atoms with Gasteiger partial charge in [-0.1, -0.05) is 19.9 Å². The molecule has 0 fully saturated rings. The van der Waals surface area contributed by atoms with E-state index in [0.29, 0.717) is 12.3 Å². The molecule has 2 aromatic rings. The molecule has 17 heavy (non-hydrogen) atoms. The van der Waals surface area contributed by atoms with E-state index in [0.717, 1.165) is 17.8 Å². The average Bonchev–Trinajstić information content (AvgIpc) is 2.94. The molecule has 0 bridgehead atoms. The van der Waals surface area contributed by atoms with Crippen molar-refractivity contribution in [2.45, 2.75) is 32.6 Å². The first kappa shape index (κ1) is 11.9. The van der Waals surface area contributed by atoms with Gasteiger partial charge in [0.2, 0.25) is 0 Å². The van der Waals surface area contributed by atoms with Crippen molar-refractivity contribution < 1.29 is 0 Å². The van der Waals surface area contributed by atoms with Crippen molar-refractivity contribution in [3.8, 4) is 16.6 Å². The van der Waals surface area contributed by atoms with E-state index in [1.54, 1.807) is 11.3 Å². The fourth-order valence-electron chi connectivity index (χ4n) is 1.91. The largest absolute Gasteiger partial charge is 0.281 e. The Balaban J connectivity index is 2.42. The number of thiophene rings is 1. The van der Waals surface area contributed by atoms with Crippen molar-refractivity contribution >= 4 is 11.3 Å². The molecule has 3 nitrogen and oxygen atoms in total. The molecule has 2 rings (SSSR count). The minimum Gasteiger partial charge on any atom is -0.281 e. The Bertz CT molecular complexity index is 517. The Morgan fingerprint density at radius 3 is 2.94 bits per heavy atom. The van der Waals surface area contributed by atoms with Crippen molar-refractivity contribution in [3.05, 3.63) is 28.8 Å². The second-order valence-corrected chi connectivity index (χ2v) is 5.20. The van der Waals surface area contributed by atoms with E-state index in [1.807, 2.05) is 11.4 Å². The molecule has 0 aliphatic rings. The quantitative estimate of drug-likeness (QED) is 0.892. The lowest BCUT2D eigenvalue weighted by Crippen LogP contribution is -1.95. The third-order valence-electron chi connectivity index (χ3n) is 2.72. The number of nitrogens with one attached hydrogen (secondary N) is 1. The van der Waals surface area contributed by atoms with Crippen LogP contribution in [0.4, 0.5) is 0 Å². The molecule has 0 aromatic carbocycles. The standard InChI is InChI=1S/C13H15N3S/c1-9(2)12-10(5-3-7-14)13(16-15-12)11-6-4-8-17-11/h4,6,8-9H,3,5H2,1-2H3,(H,15,16). The number of hydrogen-bond acceptors (Lipinski definition) is 3. The van der Waals surface area contributed by atoms with Gasteiger partial charge in [-0.05, 0) is 23.8 Å². The van der Waals surface area contributed by atoms with Gasteiger partial charge in [0, 0.05) is 17.7 Å². The van der Waals surface area contributed by atoms with E-state index in [4.69, 9.17) is 5.26 Å². The maximum absolute atomic E-state index is 8.74. The van der Waals surface area contributed by atoms with Gasteiger partial charge in [-0.3, -0.25) is 5.10 Å². The summed E-state index contributed by atoms with van der Waals surface area (Å²) in [6, 6.07) is 6.30. The fraction of sp³-hybridized carbons (Fsp3) is 0.385. The van der Waals surface area contributed by atoms with E-state index in [2.05, 4.69) is 36.2 Å². The topological polar surface area (TPSA) is 52.5 Å². The van der Waals surface area contributed by atoms with Crippen molar-refractivity contribution in [1.82, 2.24) is 10.2 Å². The lowest BCUT2D eigenvalue weighted by molar-refractivity contribution is 0.792. The summed E-state index contributed by atoms with van der Waals surface area (Å²) in [5.74, 6) is 0.407. The van der Waals surface area contributed by atoms with Crippen LogP contribution in [0.5, 0.6) is 0 Å². The Morgan fingerprint density at radius 1 is 1.53 bits per heavy atom. The van der Waals surface area contributed by atoms with Crippen LogP contribution in [0.1, 0.15) is 37.4 Å². The summed E-state index contributed by atoms with van der Waals surface area (Å²) in [5.41, 5.74) is 3.37. The van der Waals surface area contributed by atoms with Gasteiger partial charge in [-0.25, -0.2) is 0 Å². The highest BCUT2D eigenvalue weighted by atomic mass is 32.1. The number of H-pyrrole nitrogens is 1. The van der Waals surface area contributed by atoms with Crippen molar-refractivity contribution in [1.29, 1.82) is 5.26 Å². The van der Waals surface area contributed by atoms with E-state index in [-0.39, 0.29) is 0 Å². The van der Waals surface area contributed by atoms with Gasteiger partial charge in [0.15, 0.2) is 0 Å². The summed E-state index contributed by atoms with van der Waals surface area (Å²) < 4.78 is 0. The minimum absolute atomic E-state index is 0.407. The van der Waals surface area contributed by atoms with E-state index in [1.165, 1.54) is 10.4 Å². The summed E-state index contributed by atoms with van der Waals surface area (Å²) in [6.45, 7) is 4.28. The smallest absolute Gasteiger partial charge is 0.106 e. The zero-order valence-corrected chi connectivity index (χ0v) is 10.8. The predicted octanol–water partition coefficient (Wildman–Crippen LogP) is 3.72. The second kappa shape index (κ2) is 5.15. The normalized spacial score (nSPS) is 10.7. The highest BCUT2D eigenvalue weighted by Gasteiger charge is 2.17. The molecule has 0 radical (unpaired) electrons. The molecule has 0 aliphatic carbocycles. The van der Waals surface area contributed by atoms with Crippen LogP contribution in [0.15, 0.2) is 17.5 Å². The van der Waals surface area contributed by atoms with Crippen molar-refractivity contribution in [2.75, 3.05) is 0 Å². The first-order chi connectivity index (χ1) is 8.24. The van der Waals surface area contributed by atoms with Gasteiger partial charge >= 0.3 is 0 Å². The van der Waals surface area contributed by atoms with E-state index < -0.39 is 0 Å². The molecule has 2 heterocycles. The zero-order valence-electron chi connectivity index (χ0n) is 10.0. The zero-order chi connectivity index (χ0) is 12.3. The van der Waals surface area contributed by atoms with Gasteiger partial charge in [-0.15, -0.1) is 11.3 Å². The molecular weight excluding hydrogens is 230 g/mol. The maximum atomic E-state index is 8.74. The summed E-state index contributed by atoms with van der Waals surface area (Å²) in [5, 5.41) is 18.3. The summed E-state index contributed by atoms with van der Waals surface area (Å²) >= 11 is 1.68. The Morgan fingerprint density at radius 2 is 2.35 bits per heavy atom. The number of nitrogens with zero attached hydrogens (tertiary/aromatic N) is 2. The van der Waals surface area contributed by atoms with Crippen LogP contribution >= 0.6 is 11.3 Å². The maximum Gasteiger partial charge on any atom is 0.106 e. The van der Waals surface area contributed by atoms with Crippen LogP contribution in [0.2, 0.25) is 0 Å². The lowest BCUT2D eigenvalue weighted by atomic mass is 10.00. The lowest BCUT2D eigenvalue weighted by Gasteiger charge is -2.05. The Hall–Kier alpha value is -1.60. The average molecular weight is 245 g/mol. The number of aromatic amines is 1. The first-order valence-corrected chi connectivity index (χ1v) is 6.60. The number of aromatic nitrogens is 2. The van der Waals surface area contributed by atoms with Gasteiger partial charge in [0.1, 0.15) is 5.69 Å². The molecule has 0 amide bonds. The highest BCUT2D eigenvalue weighted by Crippen LogP contribution is 2.31. The van der Waals surface area contributed by atoms with E-state index >= 15 is 0 Å². The highest BCUT2D eigenvalue weighted by molar-refractivity contribution is 7.13.